The number of amides is 1. The van der Waals surface area contributed by atoms with Crippen molar-refractivity contribution in [3.05, 3.63) is 39.7 Å². The third-order valence-corrected chi connectivity index (χ3v) is 8.46. The lowest BCUT2D eigenvalue weighted by molar-refractivity contribution is -0.147. The number of rotatable bonds is 10. The van der Waals surface area contributed by atoms with Crippen molar-refractivity contribution < 1.29 is 44.3 Å². The van der Waals surface area contributed by atoms with Crippen molar-refractivity contribution in [3.8, 4) is 5.75 Å². The lowest BCUT2D eigenvalue weighted by Crippen LogP contribution is -2.58. The number of aliphatic hydroxyl groups excluding tert-OH is 2. The van der Waals surface area contributed by atoms with Gasteiger partial charge >= 0.3 is 5.97 Å². The number of Topliss-reactive ketones (excluding diaryl/α,β-unsaturated/α-hetero) is 2. The summed E-state index contributed by atoms with van der Waals surface area (Å²) in [4.78, 5) is 52.2. The van der Waals surface area contributed by atoms with Crippen molar-refractivity contribution in [3.63, 3.8) is 0 Å². The van der Waals surface area contributed by atoms with Crippen molar-refractivity contribution in [1.29, 1.82) is 0 Å². The lowest BCUT2D eigenvalue weighted by atomic mass is 9.59. The van der Waals surface area contributed by atoms with Crippen LogP contribution < -0.4 is 10.6 Å². The number of nitrogens with two attached hydrogens (primary N) is 1. The molecule has 3 atom stereocenters. The topological polar surface area (TPSA) is 188 Å². The van der Waals surface area contributed by atoms with E-state index in [0.717, 1.165) is 25.7 Å². The van der Waals surface area contributed by atoms with Crippen LogP contribution in [0.15, 0.2) is 23.0 Å². The van der Waals surface area contributed by atoms with E-state index in [4.69, 9.17) is 10.5 Å². The Morgan fingerprint density at radius 3 is 2.46 bits per heavy atom. The molecule has 1 fully saturated rings. The van der Waals surface area contributed by atoms with E-state index in [0.29, 0.717) is 23.4 Å². The molecule has 0 bridgehead atoms. The number of aromatic hydroxyl groups is 1. The molecule has 3 aliphatic rings. The lowest BCUT2D eigenvalue weighted by Gasteiger charge is -2.46. The predicted molar refractivity (Wildman–Crippen MR) is 149 cm³/mol. The van der Waals surface area contributed by atoms with Crippen LogP contribution in [0.5, 0.6) is 5.75 Å². The maximum absolute atomic E-state index is 13.7. The Labute approximate surface area is 238 Å². The van der Waals surface area contributed by atoms with Crippen LogP contribution in [0.4, 0.5) is 5.69 Å². The largest absolute Gasteiger partial charge is 0.508 e. The van der Waals surface area contributed by atoms with Crippen LogP contribution in [0.1, 0.15) is 68.6 Å². The van der Waals surface area contributed by atoms with Gasteiger partial charge in [-0.15, -0.1) is 0 Å². The van der Waals surface area contributed by atoms with Gasteiger partial charge in [-0.25, -0.2) is 0 Å². The quantitative estimate of drug-likeness (QED) is 0.159. The number of esters is 1. The van der Waals surface area contributed by atoms with Gasteiger partial charge in [0.25, 0.3) is 5.91 Å². The van der Waals surface area contributed by atoms with E-state index in [1.807, 2.05) is 0 Å². The van der Waals surface area contributed by atoms with Gasteiger partial charge in [0.2, 0.25) is 5.78 Å². The average Bonchev–Trinajstić information content (AvgIpc) is 2.89. The standard InChI is InChI=1S/C30H38N2O9/c1-4-5-6-7-10-41-21(34)9-8-15-13-19(32(2)3)18-12-16-11-17-14-20(33)24(29(31)39)28(38)30(17,40)27(37)22(16)26(36)23(18)25(15)35/h13,16-17,35-36,38,40H,4-12,14H2,1-3H3,(H2,31,39)/t16-,17+,30+/m1/s1. The van der Waals surface area contributed by atoms with Crippen LogP contribution in [-0.4, -0.2) is 70.2 Å². The summed E-state index contributed by atoms with van der Waals surface area (Å²) in [6.45, 7) is 2.41. The number of unbranched alkanes of at least 4 members (excludes halogenated alkanes) is 3. The number of phenols is 1. The van der Waals surface area contributed by atoms with Crippen LogP contribution in [0.25, 0.3) is 5.76 Å². The number of primary amides is 1. The first-order chi connectivity index (χ1) is 19.3. The minimum absolute atomic E-state index is 0.00406. The van der Waals surface area contributed by atoms with Crippen LogP contribution in [-0.2, 0) is 36.8 Å². The monoisotopic (exact) mass is 570 g/mol. The van der Waals surface area contributed by atoms with E-state index in [2.05, 4.69) is 6.92 Å². The second-order valence-electron chi connectivity index (χ2n) is 11.3. The normalized spacial score (nSPS) is 23.6. The fraction of sp³-hybridized carbons (Fsp3) is 0.533. The highest BCUT2D eigenvalue weighted by Gasteiger charge is 2.60. The smallest absolute Gasteiger partial charge is 0.306 e. The Bertz CT molecular complexity index is 1360. The molecule has 1 saturated carbocycles. The summed E-state index contributed by atoms with van der Waals surface area (Å²) in [6.07, 6.45) is 3.88. The van der Waals surface area contributed by atoms with Gasteiger partial charge in [-0.2, -0.15) is 0 Å². The predicted octanol–water partition coefficient (Wildman–Crippen LogP) is 2.55. The van der Waals surface area contributed by atoms with Gasteiger partial charge in [-0.05, 0) is 48.8 Å². The number of ketones is 2. The molecule has 11 nitrogen and oxygen atoms in total. The van der Waals surface area contributed by atoms with Crippen molar-refractivity contribution >= 4 is 34.9 Å². The molecule has 0 heterocycles. The summed E-state index contributed by atoms with van der Waals surface area (Å²) in [7, 11) is 3.58. The van der Waals surface area contributed by atoms with Crippen LogP contribution >= 0.6 is 0 Å². The zero-order valence-electron chi connectivity index (χ0n) is 23.7. The molecule has 222 valence electrons. The average molecular weight is 571 g/mol. The van der Waals surface area contributed by atoms with Gasteiger partial charge in [0.15, 0.2) is 11.4 Å². The Balaban J connectivity index is 1.71. The van der Waals surface area contributed by atoms with Gasteiger partial charge in [0.05, 0.1) is 12.2 Å². The van der Waals surface area contributed by atoms with E-state index < -0.39 is 58.0 Å². The first-order valence-corrected chi connectivity index (χ1v) is 14.0. The summed E-state index contributed by atoms with van der Waals surface area (Å²) in [5, 5.41) is 44.9. The summed E-state index contributed by atoms with van der Waals surface area (Å²) in [5.41, 5.74) is 3.19. The van der Waals surface area contributed by atoms with Gasteiger partial charge in [0.1, 0.15) is 22.8 Å². The first kappa shape index (κ1) is 30.1. The summed E-state index contributed by atoms with van der Waals surface area (Å²) in [5.74, 6) is -7.11. The van der Waals surface area contributed by atoms with E-state index in [1.165, 1.54) is 0 Å². The number of hydrogen-bond donors (Lipinski definition) is 5. The molecule has 0 aliphatic heterocycles. The third-order valence-electron chi connectivity index (χ3n) is 8.46. The number of aryl methyl sites for hydroxylation is 1. The summed E-state index contributed by atoms with van der Waals surface area (Å²) < 4.78 is 5.30. The second kappa shape index (κ2) is 11.6. The number of phenolic OH excluding ortho intramolecular Hbond substituents is 1. The fourth-order valence-electron chi connectivity index (χ4n) is 6.34. The molecule has 3 aliphatic carbocycles. The second-order valence-corrected chi connectivity index (χ2v) is 11.3. The van der Waals surface area contributed by atoms with Gasteiger partial charge in [-0.1, -0.05) is 26.2 Å². The number of aliphatic hydroxyl groups is 3. The van der Waals surface area contributed by atoms with E-state index in [9.17, 15) is 39.6 Å². The van der Waals surface area contributed by atoms with Crippen molar-refractivity contribution in [2.45, 2.75) is 70.3 Å². The maximum Gasteiger partial charge on any atom is 0.306 e. The number of carbonyl (C=O) groups excluding carboxylic acids is 4. The number of nitrogens with zero attached hydrogens (tertiary/aromatic N) is 1. The number of hydrogen-bond acceptors (Lipinski definition) is 10. The first-order valence-electron chi connectivity index (χ1n) is 14.0. The molecular formula is C30H38N2O9. The molecule has 6 N–H and O–H groups in total. The van der Waals surface area contributed by atoms with E-state index in [1.54, 1.807) is 25.1 Å². The minimum atomic E-state index is -2.62. The molecule has 1 aromatic rings. The molecular weight excluding hydrogens is 532 g/mol. The molecule has 0 aromatic heterocycles. The molecule has 1 aromatic carbocycles. The molecule has 4 rings (SSSR count). The Hall–Kier alpha value is -3.86. The minimum Gasteiger partial charge on any atom is -0.508 e. The Morgan fingerprint density at radius 2 is 1.83 bits per heavy atom. The maximum atomic E-state index is 13.7. The highest BCUT2D eigenvalue weighted by Crippen LogP contribution is 2.53. The van der Waals surface area contributed by atoms with Crippen molar-refractivity contribution in [1.82, 2.24) is 0 Å². The summed E-state index contributed by atoms with van der Waals surface area (Å²) in [6, 6.07) is 1.74. The SMILES string of the molecule is CCCCCCOC(=O)CCc1cc(N(C)C)c2c(c1O)C(O)=C1C(=O)[C@]3(O)C(O)=C(C(N)=O)C(=O)C[C@@H]3C[C@@H]1C2. The number of fused-ring (bicyclic) bond motifs is 3. The highest BCUT2D eigenvalue weighted by molar-refractivity contribution is 6.22. The summed E-state index contributed by atoms with van der Waals surface area (Å²) >= 11 is 0. The number of carbonyl (C=O) groups is 4. The van der Waals surface area contributed by atoms with Crippen LogP contribution in [0, 0.1) is 11.8 Å². The molecule has 0 spiro atoms. The van der Waals surface area contributed by atoms with Gasteiger partial charge in [0, 0.05) is 44.1 Å². The number of anilines is 1. The van der Waals surface area contributed by atoms with Gasteiger partial charge in [-0.3, -0.25) is 19.2 Å². The number of benzene rings is 1. The van der Waals surface area contributed by atoms with Crippen molar-refractivity contribution in [2.24, 2.45) is 17.6 Å². The molecule has 0 unspecified atom stereocenters. The molecule has 11 heteroatoms. The Morgan fingerprint density at radius 1 is 1.12 bits per heavy atom. The molecule has 1 amide bonds. The zero-order valence-corrected chi connectivity index (χ0v) is 23.7. The van der Waals surface area contributed by atoms with E-state index in [-0.39, 0.29) is 49.0 Å². The number of ether oxygens (including phenoxy) is 1. The highest BCUT2D eigenvalue weighted by atomic mass is 16.5. The molecule has 0 saturated heterocycles. The van der Waals surface area contributed by atoms with Gasteiger partial charge < -0.3 is 35.8 Å². The third kappa shape index (κ3) is 5.18. The zero-order chi connectivity index (χ0) is 30.2. The van der Waals surface area contributed by atoms with Crippen LogP contribution in [0.3, 0.4) is 0 Å². The van der Waals surface area contributed by atoms with Crippen molar-refractivity contribution in [2.75, 3.05) is 25.6 Å². The molecule has 0 radical (unpaired) electrons. The fourth-order valence-corrected chi connectivity index (χ4v) is 6.34. The van der Waals surface area contributed by atoms with Crippen LogP contribution in [0.2, 0.25) is 0 Å². The Kier molecular flexibility index (Phi) is 8.49. The molecule has 41 heavy (non-hydrogen) atoms. The van der Waals surface area contributed by atoms with E-state index >= 15 is 0 Å².